The zero-order valence-electron chi connectivity index (χ0n) is 19.7. The summed E-state index contributed by atoms with van der Waals surface area (Å²) in [5, 5.41) is 8.97. The van der Waals surface area contributed by atoms with Crippen molar-refractivity contribution in [3.05, 3.63) is 114 Å². The number of anilines is 4. The van der Waals surface area contributed by atoms with E-state index in [-0.39, 0.29) is 18.4 Å². The van der Waals surface area contributed by atoms with Crippen LogP contribution < -0.4 is 20.7 Å². The molecule has 0 spiro atoms. The van der Waals surface area contributed by atoms with Crippen LogP contribution in [0.5, 0.6) is 5.75 Å². The second-order valence-electron chi connectivity index (χ2n) is 8.17. The van der Waals surface area contributed by atoms with E-state index in [9.17, 15) is 9.59 Å². The highest BCUT2D eigenvalue weighted by atomic mass is 16.5. The number of carbonyl (C=O) groups excluding carboxylic acids is 2. The molecule has 176 valence electrons. The quantitative estimate of drug-likeness (QED) is 0.285. The summed E-state index contributed by atoms with van der Waals surface area (Å²) in [5.41, 5.74) is 5.40. The molecule has 0 heterocycles. The van der Waals surface area contributed by atoms with Crippen LogP contribution in [0, 0.1) is 13.8 Å². The third-order valence-corrected chi connectivity index (χ3v) is 5.34. The molecule has 4 aromatic carbocycles. The van der Waals surface area contributed by atoms with Crippen LogP contribution >= 0.6 is 0 Å². The van der Waals surface area contributed by atoms with Gasteiger partial charge in [-0.05, 0) is 74.0 Å². The summed E-state index contributed by atoms with van der Waals surface area (Å²) < 4.78 is 5.66. The van der Waals surface area contributed by atoms with Gasteiger partial charge in [-0.2, -0.15) is 0 Å². The van der Waals surface area contributed by atoms with E-state index in [4.69, 9.17) is 4.74 Å². The fraction of sp³-hybridized carbons (Fsp3) is 0.103. The second kappa shape index (κ2) is 11.0. The fourth-order valence-electron chi connectivity index (χ4n) is 3.60. The van der Waals surface area contributed by atoms with Gasteiger partial charge in [0, 0.05) is 17.1 Å². The number of amides is 2. The molecule has 0 aliphatic rings. The Balaban J connectivity index is 1.37. The van der Waals surface area contributed by atoms with Gasteiger partial charge in [0.05, 0.1) is 11.3 Å². The van der Waals surface area contributed by atoms with Crippen molar-refractivity contribution in [2.45, 2.75) is 13.8 Å². The van der Waals surface area contributed by atoms with Crippen molar-refractivity contribution in [2.24, 2.45) is 0 Å². The van der Waals surface area contributed by atoms with Crippen molar-refractivity contribution < 1.29 is 14.3 Å². The van der Waals surface area contributed by atoms with E-state index in [2.05, 4.69) is 16.0 Å². The maximum absolute atomic E-state index is 12.9. The molecule has 0 aromatic heterocycles. The zero-order valence-corrected chi connectivity index (χ0v) is 19.7. The lowest BCUT2D eigenvalue weighted by Gasteiger charge is -2.13. The van der Waals surface area contributed by atoms with Crippen molar-refractivity contribution in [1.29, 1.82) is 0 Å². The number of benzene rings is 4. The predicted molar refractivity (Wildman–Crippen MR) is 141 cm³/mol. The van der Waals surface area contributed by atoms with Crippen LogP contribution in [0.3, 0.4) is 0 Å². The zero-order chi connectivity index (χ0) is 24.6. The molecular weight excluding hydrogens is 438 g/mol. The molecule has 0 atom stereocenters. The SMILES string of the molecule is Cc1ccc(OCC(=O)Nc2ccccc2C(=O)Nc2ccc(Nc3ccccc3)cc2)c(C)c1. The smallest absolute Gasteiger partial charge is 0.262 e. The first-order chi connectivity index (χ1) is 17.0. The van der Waals surface area contributed by atoms with Gasteiger partial charge in [0.25, 0.3) is 11.8 Å². The first kappa shape index (κ1) is 23.6. The van der Waals surface area contributed by atoms with E-state index < -0.39 is 0 Å². The van der Waals surface area contributed by atoms with Gasteiger partial charge in [0.15, 0.2) is 6.61 Å². The summed E-state index contributed by atoms with van der Waals surface area (Å²) in [6.45, 7) is 3.78. The van der Waals surface area contributed by atoms with Gasteiger partial charge in [-0.25, -0.2) is 0 Å². The molecule has 0 fully saturated rings. The van der Waals surface area contributed by atoms with E-state index in [1.54, 1.807) is 24.3 Å². The number of rotatable bonds is 8. The minimum atomic E-state index is -0.346. The van der Waals surface area contributed by atoms with Crippen LogP contribution in [0.2, 0.25) is 0 Å². The van der Waals surface area contributed by atoms with E-state index in [0.717, 1.165) is 22.5 Å². The summed E-state index contributed by atoms with van der Waals surface area (Å²) in [4.78, 5) is 25.4. The molecule has 4 rings (SSSR count). The van der Waals surface area contributed by atoms with E-state index in [1.807, 2.05) is 86.6 Å². The van der Waals surface area contributed by atoms with Crippen LogP contribution in [0.1, 0.15) is 21.5 Å². The average molecular weight is 466 g/mol. The Morgan fingerprint density at radius 1 is 0.714 bits per heavy atom. The highest BCUT2D eigenvalue weighted by Gasteiger charge is 2.14. The molecule has 3 N–H and O–H groups in total. The van der Waals surface area contributed by atoms with E-state index >= 15 is 0 Å². The molecular formula is C29H27N3O3. The number of ether oxygens (including phenoxy) is 1. The Morgan fingerprint density at radius 3 is 2.11 bits per heavy atom. The van der Waals surface area contributed by atoms with Crippen molar-refractivity contribution in [3.8, 4) is 5.75 Å². The number of carbonyl (C=O) groups is 2. The van der Waals surface area contributed by atoms with Crippen molar-refractivity contribution in [3.63, 3.8) is 0 Å². The van der Waals surface area contributed by atoms with Crippen LogP contribution in [-0.4, -0.2) is 18.4 Å². The number of aryl methyl sites for hydroxylation is 2. The lowest BCUT2D eigenvalue weighted by molar-refractivity contribution is -0.118. The second-order valence-corrected chi connectivity index (χ2v) is 8.17. The molecule has 0 bridgehead atoms. The molecule has 0 aliphatic carbocycles. The van der Waals surface area contributed by atoms with Crippen molar-refractivity contribution in [1.82, 2.24) is 0 Å². The summed E-state index contributed by atoms with van der Waals surface area (Å²) in [6, 6.07) is 29.9. The molecule has 6 nitrogen and oxygen atoms in total. The third kappa shape index (κ3) is 6.48. The summed E-state index contributed by atoms with van der Waals surface area (Å²) in [7, 11) is 0. The Bertz CT molecular complexity index is 1320. The van der Waals surface area contributed by atoms with Gasteiger partial charge >= 0.3 is 0 Å². The lowest BCUT2D eigenvalue weighted by Crippen LogP contribution is -2.23. The topological polar surface area (TPSA) is 79.5 Å². The predicted octanol–water partition coefficient (Wildman–Crippen LogP) is 6.32. The first-order valence-corrected chi connectivity index (χ1v) is 11.3. The van der Waals surface area contributed by atoms with E-state index in [0.29, 0.717) is 22.7 Å². The largest absolute Gasteiger partial charge is 0.483 e. The molecule has 0 saturated carbocycles. The highest BCUT2D eigenvalue weighted by molar-refractivity contribution is 6.10. The molecule has 6 heteroatoms. The van der Waals surface area contributed by atoms with Crippen LogP contribution in [0.4, 0.5) is 22.7 Å². The Morgan fingerprint density at radius 2 is 1.37 bits per heavy atom. The third-order valence-electron chi connectivity index (χ3n) is 5.34. The first-order valence-electron chi connectivity index (χ1n) is 11.3. The molecule has 0 radical (unpaired) electrons. The van der Waals surface area contributed by atoms with Gasteiger partial charge in [-0.3, -0.25) is 9.59 Å². The van der Waals surface area contributed by atoms with Gasteiger partial charge in [0.1, 0.15) is 5.75 Å². The molecule has 35 heavy (non-hydrogen) atoms. The van der Waals surface area contributed by atoms with Gasteiger partial charge < -0.3 is 20.7 Å². The van der Waals surface area contributed by atoms with E-state index in [1.165, 1.54) is 0 Å². The number of hydrogen-bond donors (Lipinski definition) is 3. The maximum atomic E-state index is 12.9. The molecule has 0 unspecified atom stereocenters. The van der Waals surface area contributed by atoms with Crippen molar-refractivity contribution >= 4 is 34.6 Å². The van der Waals surface area contributed by atoms with Gasteiger partial charge in [-0.15, -0.1) is 0 Å². The summed E-state index contributed by atoms with van der Waals surface area (Å²) in [5.74, 6) is -0.0106. The number of para-hydroxylation sites is 2. The molecule has 0 saturated heterocycles. The number of nitrogens with one attached hydrogen (secondary N) is 3. The Hall–Kier alpha value is -4.58. The molecule has 0 aliphatic heterocycles. The Kier molecular flexibility index (Phi) is 7.43. The van der Waals surface area contributed by atoms with Gasteiger partial charge in [0.2, 0.25) is 0 Å². The minimum absolute atomic E-state index is 0.157. The van der Waals surface area contributed by atoms with Gasteiger partial charge in [-0.1, -0.05) is 48.0 Å². The summed E-state index contributed by atoms with van der Waals surface area (Å²) in [6.07, 6.45) is 0. The van der Waals surface area contributed by atoms with Crippen LogP contribution in [0.15, 0.2) is 97.1 Å². The molecule has 2 amide bonds. The fourth-order valence-corrected chi connectivity index (χ4v) is 3.60. The highest BCUT2D eigenvalue weighted by Crippen LogP contribution is 2.22. The normalized spacial score (nSPS) is 10.3. The monoisotopic (exact) mass is 465 g/mol. The maximum Gasteiger partial charge on any atom is 0.262 e. The number of hydrogen-bond acceptors (Lipinski definition) is 4. The standard InChI is InChI=1S/C29H27N3O3/c1-20-12-17-27(21(2)18-20)35-19-28(33)32-26-11-7-6-10-25(26)29(34)31-24-15-13-23(14-16-24)30-22-8-4-3-5-9-22/h3-18,30H,19H2,1-2H3,(H,31,34)(H,32,33). The van der Waals surface area contributed by atoms with Crippen LogP contribution in [0.25, 0.3) is 0 Å². The van der Waals surface area contributed by atoms with Crippen molar-refractivity contribution in [2.75, 3.05) is 22.6 Å². The average Bonchev–Trinajstić information content (AvgIpc) is 2.85. The Labute approximate surface area is 205 Å². The molecule has 4 aromatic rings. The minimum Gasteiger partial charge on any atom is -0.483 e. The van der Waals surface area contributed by atoms with Crippen LogP contribution in [-0.2, 0) is 4.79 Å². The summed E-state index contributed by atoms with van der Waals surface area (Å²) >= 11 is 0. The lowest BCUT2D eigenvalue weighted by atomic mass is 10.1.